The predicted octanol–water partition coefficient (Wildman–Crippen LogP) is -0.342. The van der Waals surface area contributed by atoms with Crippen LogP contribution in [0.3, 0.4) is 0 Å². The van der Waals surface area contributed by atoms with Crippen molar-refractivity contribution in [2.24, 2.45) is 11.3 Å². The molecule has 8 nitrogen and oxygen atoms in total. The number of esters is 2. The van der Waals surface area contributed by atoms with E-state index in [0.717, 1.165) is 0 Å². The van der Waals surface area contributed by atoms with Gasteiger partial charge < -0.3 is 19.7 Å². The zero-order valence-corrected chi connectivity index (χ0v) is 10.2. The van der Waals surface area contributed by atoms with Gasteiger partial charge in [-0.25, -0.2) is 0 Å². The summed E-state index contributed by atoms with van der Waals surface area (Å²) in [4.78, 5) is 41.6. The zero-order valence-electron chi connectivity index (χ0n) is 10.2. The van der Waals surface area contributed by atoms with Crippen molar-refractivity contribution in [3.8, 4) is 0 Å². The Morgan fingerprint density at radius 1 is 1.26 bits per heavy atom. The van der Waals surface area contributed by atoms with Crippen LogP contribution in [0, 0.1) is 11.3 Å². The lowest BCUT2D eigenvalue weighted by molar-refractivity contribution is -0.157. The molecule has 2 rings (SSSR count). The van der Waals surface area contributed by atoms with E-state index in [1.54, 1.807) is 0 Å². The van der Waals surface area contributed by atoms with Gasteiger partial charge in [0.25, 0.3) is 0 Å². The summed E-state index contributed by atoms with van der Waals surface area (Å²) in [5.74, 6) is -4.07. The fourth-order valence-electron chi connectivity index (χ4n) is 1.50. The molecular weight excluding hydrogens is 260 g/mol. The van der Waals surface area contributed by atoms with E-state index in [2.05, 4.69) is 9.47 Å². The van der Waals surface area contributed by atoms with Gasteiger partial charge in [0.1, 0.15) is 0 Å². The van der Waals surface area contributed by atoms with E-state index in [1.807, 2.05) is 0 Å². The number of ether oxygens (including phenoxy) is 2. The van der Waals surface area contributed by atoms with Crippen LogP contribution in [-0.2, 0) is 28.7 Å². The summed E-state index contributed by atoms with van der Waals surface area (Å²) in [7, 11) is 1.26. The molecule has 2 aliphatic rings. The summed E-state index contributed by atoms with van der Waals surface area (Å²) in [5, 5.41) is 16.6. The number of hydrogen-bond acceptors (Lipinski definition) is 6. The molecule has 0 bridgehead atoms. The van der Waals surface area contributed by atoms with Crippen molar-refractivity contribution in [1.82, 2.24) is 0 Å². The van der Waals surface area contributed by atoms with Crippen molar-refractivity contribution >= 4 is 23.9 Å². The zero-order chi connectivity index (χ0) is 14.6. The Kier molecular flexibility index (Phi) is 4.47. The molecule has 1 saturated carbocycles. The monoisotopic (exact) mass is 274 g/mol. The lowest BCUT2D eigenvalue weighted by Crippen LogP contribution is -2.24. The minimum atomic E-state index is -1.42. The highest BCUT2D eigenvalue weighted by Gasteiger charge is 2.57. The number of carboxylic acids is 2. The van der Waals surface area contributed by atoms with Crippen LogP contribution in [0.1, 0.15) is 19.3 Å². The normalized spacial score (nSPS) is 22.6. The highest BCUT2D eigenvalue weighted by molar-refractivity contribution is 6.01. The molecule has 2 N–H and O–H groups in total. The molecule has 8 heteroatoms. The first-order chi connectivity index (χ1) is 8.85. The van der Waals surface area contributed by atoms with Crippen molar-refractivity contribution < 1.29 is 38.9 Å². The summed E-state index contributed by atoms with van der Waals surface area (Å²) in [6.45, 7) is 0.332. The van der Waals surface area contributed by atoms with E-state index >= 15 is 0 Å². The Hall–Kier alpha value is -2.12. The maximum atomic E-state index is 10.7. The van der Waals surface area contributed by atoms with Crippen LogP contribution in [0.4, 0.5) is 0 Å². The second kappa shape index (κ2) is 5.68. The summed E-state index contributed by atoms with van der Waals surface area (Å²) in [5.41, 5.74) is -1.42. The summed E-state index contributed by atoms with van der Waals surface area (Å²) in [6, 6.07) is 0. The molecule has 0 radical (unpaired) electrons. The molecule has 1 saturated heterocycles. The Morgan fingerprint density at radius 2 is 1.79 bits per heavy atom. The van der Waals surface area contributed by atoms with E-state index < -0.39 is 35.2 Å². The predicted molar refractivity (Wildman–Crippen MR) is 58.0 cm³/mol. The summed E-state index contributed by atoms with van der Waals surface area (Å²) >= 11 is 0. The van der Waals surface area contributed by atoms with Crippen LogP contribution in [0.5, 0.6) is 0 Å². The number of carbonyl (C=O) groups excluding carboxylic acids is 2. The van der Waals surface area contributed by atoms with Crippen LogP contribution < -0.4 is 0 Å². The molecule has 1 atom stereocenters. The number of hydrogen-bond donors (Lipinski definition) is 2. The minimum absolute atomic E-state index is 0.275. The van der Waals surface area contributed by atoms with Gasteiger partial charge in [-0.15, -0.1) is 0 Å². The van der Waals surface area contributed by atoms with Crippen LogP contribution in [0.2, 0.25) is 0 Å². The fraction of sp³-hybridized carbons (Fsp3) is 0.636. The Balaban J connectivity index is 0.000000191. The quantitative estimate of drug-likeness (QED) is 0.528. The van der Waals surface area contributed by atoms with Crippen molar-refractivity contribution in [2.75, 3.05) is 13.7 Å². The first-order valence-electron chi connectivity index (χ1n) is 5.56. The average molecular weight is 274 g/mol. The van der Waals surface area contributed by atoms with Crippen molar-refractivity contribution in [3.63, 3.8) is 0 Å². The molecule has 0 aromatic carbocycles. The van der Waals surface area contributed by atoms with Gasteiger partial charge in [0.05, 0.1) is 13.7 Å². The van der Waals surface area contributed by atoms with E-state index in [0.29, 0.717) is 13.0 Å². The van der Waals surface area contributed by atoms with Gasteiger partial charge in [0.15, 0.2) is 11.3 Å². The minimum Gasteiger partial charge on any atom is -0.480 e. The van der Waals surface area contributed by atoms with Crippen molar-refractivity contribution in [3.05, 3.63) is 0 Å². The third kappa shape index (κ3) is 3.21. The van der Waals surface area contributed by atoms with Crippen LogP contribution in [0.15, 0.2) is 0 Å². The molecule has 0 aromatic rings. The van der Waals surface area contributed by atoms with Gasteiger partial charge in [-0.1, -0.05) is 0 Å². The van der Waals surface area contributed by atoms with Gasteiger partial charge in [-0.2, -0.15) is 0 Å². The highest BCUT2D eigenvalue weighted by atomic mass is 16.6. The number of methoxy groups -OCH3 is 1. The molecular formula is C11H14O8. The Morgan fingerprint density at radius 3 is 2.00 bits per heavy atom. The molecule has 1 aliphatic carbocycles. The number of carbonyl (C=O) groups is 4. The van der Waals surface area contributed by atoms with Gasteiger partial charge in [0, 0.05) is 6.42 Å². The second-order valence-corrected chi connectivity index (χ2v) is 4.22. The fourth-order valence-corrected chi connectivity index (χ4v) is 1.50. The van der Waals surface area contributed by atoms with Crippen LogP contribution >= 0.6 is 0 Å². The number of rotatable bonds is 3. The van der Waals surface area contributed by atoms with Gasteiger partial charge in [0.2, 0.25) is 0 Å². The van der Waals surface area contributed by atoms with Crippen LogP contribution in [0.25, 0.3) is 0 Å². The molecule has 106 valence electrons. The van der Waals surface area contributed by atoms with E-state index in [9.17, 15) is 19.2 Å². The topological polar surface area (TPSA) is 127 Å². The second-order valence-electron chi connectivity index (χ2n) is 4.22. The lowest BCUT2D eigenvalue weighted by Gasteiger charge is -2.00. The van der Waals surface area contributed by atoms with E-state index in [4.69, 9.17) is 10.2 Å². The van der Waals surface area contributed by atoms with Gasteiger partial charge in [-0.3, -0.25) is 19.2 Å². The molecule has 1 heterocycles. The SMILES string of the molecule is COC(=O)C1CCOC1=O.O=C(O)C1(C(=O)O)CC1. The molecule has 1 aliphatic heterocycles. The number of cyclic esters (lactones) is 1. The smallest absolute Gasteiger partial charge is 0.321 e. The molecule has 0 amide bonds. The average Bonchev–Trinajstić information content (AvgIpc) is 3.07. The Bertz CT molecular complexity index is 393. The third-order valence-corrected chi connectivity index (χ3v) is 2.99. The van der Waals surface area contributed by atoms with Crippen molar-refractivity contribution in [2.45, 2.75) is 19.3 Å². The van der Waals surface area contributed by atoms with E-state index in [-0.39, 0.29) is 12.8 Å². The molecule has 0 aromatic heterocycles. The molecule has 19 heavy (non-hydrogen) atoms. The Labute approximate surface area is 108 Å². The first-order valence-corrected chi connectivity index (χ1v) is 5.56. The molecule has 0 spiro atoms. The highest BCUT2D eigenvalue weighted by Crippen LogP contribution is 2.45. The maximum absolute atomic E-state index is 10.7. The summed E-state index contributed by atoms with van der Waals surface area (Å²) < 4.78 is 8.91. The number of aliphatic carboxylic acids is 2. The standard InChI is InChI=1S/C6H8O4.C5H6O4/c1-9-5(7)4-2-3-10-6(4)8;6-3(7)5(1-2-5)4(8)9/h4H,2-3H2,1H3;1-2H2,(H,6,7)(H,8,9). The van der Waals surface area contributed by atoms with Gasteiger partial charge >= 0.3 is 23.9 Å². The van der Waals surface area contributed by atoms with E-state index in [1.165, 1.54) is 7.11 Å². The lowest BCUT2D eigenvalue weighted by atomic mass is 10.1. The molecule has 2 fully saturated rings. The van der Waals surface area contributed by atoms with Crippen molar-refractivity contribution in [1.29, 1.82) is 0 Å². The maximum Gasteiger partial charge on any atom is 0.321 e. The third-order valence-electron chi connectivity index (χ3n) is 2.99. The largest absolute Gasteiger partial charge is 0.480 e. The van der Waals surface area contributed by atoms with Crippen LogP contribution in [-0.4, -0.2) is 47.8 Å². The first kappa shape index (κ1) is 14.9. The molecule has 1 unspecified atom stereocenters. The van der Waals surface area contributed by atoms with Gasteiger partial charge in [-0.05, 0) is 12.8 Å². The number of carboxylic acid groups (broad SMARTS) is 2. The summed E-state index contributed by atoms with van der Waals surface area (Å²) in [6.07, 6.45) is 1.00.